The first-order valence-corrected chi connectivity index (χ1v) is 8.25. The second kappa shape index (κ2) is 5.18. The highest BCUT2D eigenvalue weighted by Gasteiger charge is 2.08. The minimum Gasteiger partial charge on any atom is -0.455 e. The van der Waals surface area contributed by atoms with Crippen molar-refractivity contribution in [2.75, 3.05) is 6.26 Å². The molecule has 3 aromatic rings. The Labute approximate surface area is 122 Å². The number of pyridine rings is 1. The number of para-hydroxylation sites is 1. The van der Waals surface area contributed by atoms with E-state index in [1.165, 1.54) is 18.4 Å². The largest absolute Gasteiger partial charge is 0.455 e. The molecule has 0 unspecified atom stereocenters. The van der Waals surface area contributed by atoms with Crippen molar-refractivity contribution in [3.8, 4) is 11.5 Å². The Kier molecular flexibility index (Phi) is 3.35. The van der Waals surface area contributed by atoms with E-state index >= 15 is 0 Å². The van der Waals surface area contributed by atoms with Gasteiger partial charge in [0, 0.05) is 17.8 Å². The summed E-state index contributed by atoms with van der Waals surface area (Å²) in [5.74, 6) is 1.21. The van der Waals surface area contributed by atoms with Crippen LogP contribution in [0.25, 0.3) is 10.9 Å². The first-order chi connectivity index (χ1) is 10.0. The summed E-state index contributed by atoms with van der Waals surface area (Å²) in [4.78, 5) is 4.58. The van der Waals surface area contributed by atoms with Crippen LogP contribution in [0.1, 0.15) is 0 Å². The molecule has 0 saturated heterocycles. The number of ether oxygens (including phenoxy) is 1. The van der Waals surface area contributed by atoms with Crippen LogP contribution in [0.15, 0.2) is 65.7 Å². The predicted molar refractivity (Wildman–Crippen MR) is 81.4 cm³/mol. The standard InChI is InChI=1S/C16H13NO3S/c1-21(18,19)14-9-7-13(8-10-14)20-15-6-2-4-12-5-3-11-17-16(12)15/h2-11H,1H3. The molecule has 1 heterocycles. The molecule has 0 N–H and O–H groups in total. The Morgan fingerprint density at radius 1 is 0.952 bits per heavy atom. The molecule has 0 aliphatic carbocycles. The van der Waals surface area contributed by atoms with Crippen LogP contribution in [-0.2, 0) is 9.84 Å². The van der Waals surface area contributed by atoms with E-state index in [9.17, 15) is 8.42 Å². The zero-order valence-corrected chi connectivity index (χ0v) is 12.2. The third-order valence-corrected chi connectivity index (χ3v) is 4.20. The molecule has 2 aromatic carbocycles. The maximum absolute atomic E-state index is 11.4. The molecule has 0 aliphatic rings. The highest BCUT2D eigenvalue weighted by atomic mass is 32.2. The molecule has 0 fully saturated rings. The van der Waals surface area contributed by atoms with Crippen molar-refractivity contribution in [3.63, 3.8) is 0 Å². The Bertz CT molecular complexity index is 882. The van der Waals surface area contributed by atoms with E-state index in [1.807, 2.05) is 30.3 Å². The quantitative estimate of drug-likeness (QED) is 0.743. The molecule has 0 radical (unpaired) electrons. The van der Waals surface area contributed by atoms with Gasteiger partial charge in [0.1, 0.15) is 11.3 Å². The number of benzene rings is 2. The molecule has 0 amide bonds. The topological polar surface area (TPSA) is 56.3 Å². The number of rotatable bonds is 3. The SMILES string of the molecule is CS(=O)(=O)c1ccc(Oc2cccc3cccnc23)cc1. The summed E-state index contributed by atoms with van der Waals surface area (Å²) in [5, 5.41) is 0.989. The van der Waals surface area contributed by atoms with Crippen LogP contribution in [0.5, 0.6) is 11.5 Å². The Morgan fingerprint density at radius 2 is 1.67 bits per heavy atom. The van der Waals surface area contributed by atoms with E-state index in [0.717, 1.165) is 10.9 Å². The van der Waals surface area contributed by atoms with Crippen LogP contribution >= 0.6 is 0 Å². The first-order valence-electron chi connectivity index (χ1n) is 6.36. The molecule has 0 atom stereocenters. The van der Waals surface area contributed by atoms with Crippen LogP contribution in [0.4, 0.5) is 0 Å². The minimum atomic E-state index is -3.20. The van der Waals surface area contributed by atoms with Gasteiger partial charge in [-0.1, -0.05) is 18.2 Å². The average molecular weight is 299 g/mol. The summed E-state index contributed by atoms with van der Waals surface area (Å²) in [6.45, 7) is 0. The number of nitrogens with zero attached hydrogens (tertiary/aromatic N) is 1. The number of sulfone groups is 1. The summed E-state index contributed by atoms with van der Waals surface area (Å²) < 4.78 is 28.7. The van der Waals surface area contributed by atoms with Crippen molar-refractivity contribution in [1.82, 2.24) is 4.98 Å². The van der Waals surface area contributed by atoms with Gasteiger partial charge in [0.05, 0.1) is 4.90 Å². The summed E-state index contributed by atoms with van der Waals surface area (Å²) in [6, 6.07) is 15.9. The van der Waals surface area contributed by atoms with Crippen LogP contribution < -0.4 is 4.74 Å². The number of hydrogen-bond donors (Lipinski definition) is 0. The molecule has 0 bridgehead atoms. The van der Waals surface area contributed by atoms with Gasteiger partial charge in [-0.3, -0.25) is 4.98 Å². The molecule has 1 aromatic heterocycles. The van der Waals surface area contributed by atoms with E-state index in [4.69, 9.17) is 4.74 Å². The molecule has 0 aliphatic heterocycles. The average Bonchev–Trinajstić information content (AvgIpc) is 2.47. The third kappa shape index (κ3) is 2.87. The Morgan fingerprint density at radius 3 is 2.38 bits per heavy atom. The lowest BCUT2D eigenvalue weighted by Gasteiger charge is -2.08. The molecule has 21 heavy (non-hydrogen) atoms. The Hall–Kier alpha value is -2.40. The summed E-state index contributed by atoms with van der Waals surface area (Å²) in [6.07, 6.45) is 2.89. The zero-order chi connectivity index (χ0) is 14.9. The summed E-state index contributed by atoms with van der Waals surface area (Å²) in [5.41, 5.74) is 0.771. The van der Waals surface area contributed by atoms with Gasteiger partial charge in [-0.2, -0.15) is 0 Å². The fourth-order valence-electron chi connectivity index (χ4n) is 2.04. The lowest BCUT2D eigenvalue weighted by atomic mass is 10.2. The summed E-state index contributed by atoms with van der Waals surface area (Å²) in [7, 11) is -3.20. The van der Waals surface area contributed by atoms with Gasteiger partial charge in [-0.15, -0.1) is 0 Å². The molecule has 5 heteroatoms. The van der Waals surface area contributed by atoms with Crippen molar-refractivity contribution in [2.24, 2.45) is 0 Å². The number of fused-ring (bicyclic) bond motifs is 1. The van der Waals surface area contributed by atoms with E-state index in [2.05, 4.69) is 4.98 Å². The van der Waals surface area contributed by atoms with E-state index < -0.39 is 9.84 Å². The van der Waals surface area contributed by atoms with E-state index in [1.54, 1.807) is 18.3 Å². The normalized spacial score (nSPS) is 11.5. The minimum absolute atomic E-state index is 0.269. The lowest BCUT2D eigenvalue weighted by molar-refractivity contribution is 0.486. The van der Waals surface area contributed by atoms with Crippen molar-refractivity contribution < 1.29 is 13.2 Å². The molecule has 3 rings (SSSR count). The van der Waals surface area contributed by atoms with Gasteiger partial charge in [0.15, 0.2) is 15.6 Å². The highest BCUT2D eigenvalue weighted by molar-refractivity contribution is 7.90. The molecular weight excluding hydrogens is 286 g/mol. The predicted octanol–water partition coefficient (Wildman–Crippen LogP) is 3.43. The molecule has 4 nitrogen and oxygen atoms in total. The van der Waals surface area contributed by atoms with Gasteiger partial charge in [-0.25, -0.2) is 8.42 Å². The van der Waals surface area contributed by atoms with Crippen molar-refractivity contribution in [3.05, 3.63) is 60.8 Å². The lowest BCUT2D eigenvalue weighted by Crippen LogP contribution is -1.96. The van der Waals surface area contributed by atoms with Crippen LogP contribution in [0.3, 0.4) is 0 Å². The molecule has 106 valence electrons. The zero-order valence-electron chi connectivity index (χ0n) is 11.4. The molecule has 0 saturated carbocycles. The third-order valence-electron chi connectivity index (χ3n) is 3.08. The first kappa shape index (κ1) is 13.6. The molecule has 0 spiro atoms. The van der Waals surface area contributed by atoms with E-state index in [0.29, 0.717) is 11.5 Å². The second-order valence-corrected chi connectivity index (χ2v) is 6.69. The van der Waals surface area contributed by atoms with Gasteiger partial charge < -0.3 is 4.74 Å². The van der Waals surface area contributed by atoms with Gasteiger partial charge in [-0.05, 0) is 36.4 Å². The maximum atomic E-state index is 11.4. The van der Waals surface area contributed by atoms with Gasteiger partial charge >= 0.3 is 0 Å². The highest BCUT2D eigenvalue weighted by Crippen LogP contribution is 2.28. The van der Waals surface area contributed by atoms with Gasteiger partial charge in [0.2, 0.25) is 0 Å². The summed E-state index contributed by atoms with van der Waals surface area (Å²) >= 11 is 0. The van der Waals surface area contributed by atoms with Crippen LogP contribution in [0.2, 0.25) is 0 Å². The van der Waals surface area contributed by atoms with Crippen molar-refractivity contribution in [1.29, 1.82) is 0 Å². The Balaban J connectivity index is 1.96. The molecular formula is C16H13NO3S. The van der Waals surface area contributed by atoms with Crippen molar-refractivity contribution >= 4 is 20.7 Å². The van der Waals surface area contributed by atoms with E-state index in [-0.39, 0.29) is 4.90 Å². The number of hydrogen-bond acceptors (Lipinski definition) is 4. The number of aromatic nitrogens is 1. The second-order valence-electron chi connectivity index (χ2n) is 4.68. The maximum Gasteiger partial charge on any atom is 0.175 e. The monoisotopic (exact) mass is 299 g/mol. The van der Waals surface area contributed by atoms with Crippen molar-refractivity contribution in [2.45, 2.75) is 4.90 Å². The fourth-order valence-corrected chi connectivity index (χ4v) is 2.67. The van der Waals surface area contributed by atoms with Crippen LogP contribution in [-0.4, -0.2) is 19.7 Å². The fraction of sp³-hybridized carbons (Fsp3) is 0.0625. The van der Waals surface area contributed by atoms with Gasteiger partial charge in [0.25, 0.3) is 0 Å². The smallest absolute Gasteiger partial charge is 0.175 e. The van der Waals surface area contributed by atoms with Crippen LogP contribution in [0, 0.1) is 0 Å².